The van der Waals surface area contributed by atoms with E-state index in [-0.39, 0.29) is 5.91 Å². The van der Waals surface area contributed by atoms with Crippen LogP contribution in [0.2, 0.25) is 0 Å². The van der Waals surface area contributed by atoms with Crippen molar-refractivity contribution in [3.8, 4) is 17.2 Å². The summed E-state index contributed by atoms with van der Waals surface area (Å²) < 4.78 is 17.8. The maximum atomic E-state index is 12.7. The van der Waals surface area contributed by atoms with Crippen LogP contribution in [-0.4, -0.2) is 31.8 Å². The van der Waals surface area contributed by atoms with Crippen LogP contribution in [0, 0.1) is 0 Å². The van der Waals surface area contributed by atoms with E-state index in [1.165, 1.54) is 0 Å². The van der Waals surface area contributed by atoms with Crippen LogP contribution in [0.1, 0.15) is 16.1 Å². The second-order valence-corrected chi connectivity index (χ2v) is 5.85. The van der Waals surface area contributed by atoms with Crippen LogP contribution in [0.3, 0.4) is 0 Å². The third-order valence-electron chi connectivity index (χ3n) is 4.40. The number of aryl methyl sites for hydroxylation is 1. The van der Waals surface area contributed by atoms with Crippen molar-refractivity contribution in [2.75, 3.05) is 21.3 Å². The zero-order valence-electron chi connectivity index (χ0n) is 15.3. The molecule has 0 atom stereocenters. The van der Waals surface area contributed by atoms with Crippen molar-refractivity contribution in [3.63, 3.8) is 0 Å². The highest BCUT2D eigenvalue weighted by Gasteiger charge is 2.15. The Morgan fingerprint density at radius 2 is 1.69 bits per heavy atom. The zero-order valence-corrected chi connectivity index (χ0v) is 15.3. The predicted octanol–water partition coefficient (Wildman–Crippen LogP) is 3.13. The molecule has 136 valence electrons. The minimum Gasteiger partial charge on any atom is -0.496 e. The fraction of sp³-hybridized carbons (Fsp3) is 0.250. The number of hydrogen-bond donors (Lipinski definition) is 1. The summed E-state index contributed by atoms with van der Waals surface area (Å²) in [6.45, 7) is 0.387. The summed E-state index contributed by atoms with van der Waals surface area (Å²) >= 11 is 0. The van der Waals surface area contributed by atoms with E-state index in [1.54, 1.807) is 21.3 Å². The molecule has 0 saturated heterocycles. The molecule has 0 aliphatic carbocycles. The SMILES string of the molecule is COc1ccc(CNC(=O)c2cc3c(OC)cccc3n2C)cc1OC. The second-order valence-electron chi connectivity index (χ2n) is 5.85. The molecule has 1 heterocycles. The minimum absolute atomic E-state index is 0.152. The number of amides is 1. The Morgan fingerprint density at radius 1 is 0.962 bits per heavy atom. The van der Waals surface area contributed by atoms with E-state index >= 15 is 0 Å². The first-order chi connectivity index (χ1) is 12.6. The number of methoxy groups -OCH3 is 3. The number of benzene rings is 2. The molecule has 0 aliphatic rings. The van der Waals surface area contributed by atoms with Crippen molar-refractivity contribution in [1.82, 2.24) is 9.88 Å². The van der Waals surface area contributed by atoms with Gasteiger partial charge in [0.15, 0.2) is 11.5 Å². The first-order valence-electron chi connectivity index (χ1n) is 8.20. The van der Waals surface area contributed by atoms with Crippen LogP contribution >= 0.6 is 0 Å². The average molecular weight is 354 g/mol. The molecule has 0 unspecified atom stereocenters. The molecule has 0 aliphatic heterocycles. The largest absolute Gasteiger partial charge is 0.496 e. The van der Waals surface area contributed by atoms with E-state index in [2.05, 4.69) is 5.32 Å². The molecule has 0 spiro atoms. The fourth-order valence-electron chi connectivity index (χ4n) is 2.99. The van der Waals surface area contributed by atoms with Crippen molar-refractivity contribution >= 4 is 16.8 Å². The van der Waals surface area contributed by atoms with Gasteiger partial charge in [-0.2, -0.15) is 0 Å². The van der Waals surface area contributed by atoms with Crippen molar-refractivity contribution in [2.45, 2.75) is 6.54 Å². The molecule has 26 heavy (non-hydrogen) atoms. The van der Waals surface area contributed by atoms with Gasteiger partial charge in [-0.3, -0.25) is 4.79 Å². The highest BCUT2D eigenvalue weighted by molar-refractivity contribution is 6.00. The monoisotopic (exact) mass is 354 g/mol. The van der Waals surface area contributed by atoms with E-state index in [9.17, 15) is 4.79 Å². The molecule has 1 amide bonds. The lowest BCUT2D eigenvalue weighted by molar-refractivity contribution is 0.0943. The van der Waals surface area contributed by atoms with Crippen LogP contribution in [0.5, 0.6) is 17.2 Å². The molecular weight excluding hydrogens is 332 g/mol. The average Bonchev–Trinajstić information content (AvgIpc) is 3.02. The lowest BCUT2D eigenvalue weighted by Gasteiger charge is -2.10. The normalized spacial score (nSPS) is 10.6. The Bertz CT molecular complexity index is 946. The lowest BCUT2D eigenvalue weighted by atomic mass is 10.2. The summed E-state index contributed by atoms with van der Waals surface area (Å²) in [4.78, 5) is 12.7. The number of carbonyl (C=O) groups is 1. The summed E-state index contributed by atoms with van der Waals surface area (Å²) in [7, 11) is 6.67. The van der Waals surface area contributed by atoms with Crippen LogP contribution < -0.4 is 19.5 Å². The molecule has 6 nitrogen and oxygen atoms in total. The molecule has 3 rings (SSSR count). The Labute approximate surface area is 152 Å². The maximum Gasteiger partial charge on any atom is 0.268 e. The van der Waals surface area contributed by atoms with Gasteiger partial charge in [0, 0.05) is 19.0 Å². The molecule has 0 fully saturated rings. The zero-order chi connectivity index (χ0) is 18.7. The highest BCUT2D eigenvalue weighted by Crippen LogP contribution is 2.29. The second kappa shape index (κ2) is 7.39. The van der Waals surface area contributed by atoms with Gasteiger partial charge in [0.25, 0.3) is 5.91 Å². The topological polar surface area (TPSA) is 61.7 Å². The standard InChI is InChI=1S/C20H22N2O4/c1-22-15-6-5-7-17(24-2)14(15)11-16(22)20(23)21-12-13-8-9-18(25-3)19(10-13)26-4/h5-11H,12H2,1-4H3,(H,21,23). The molecule has 0 radical (unpaired) electrons. The number of nitrogens with one attached hydrogen (secondary N) is 1. The van der Waals surface area contributed by atoms with Crippen LogP contribution in [0.25, 0.3) is 10.9 Å². The Balaban J connectivity index is 1.81. The summed E-state index contributed by atoms with van der Waals surface area (Å²) in [5, 5.41) is 3.86. The van der Waals surface area contributed by atoms with Gasteiger partial charge in [-0.05, 0) is 35.9 Å². The molecule has 0 saturated carbocycles. The van der Waals surface area contributed by atoms with Gasteiger partial charge in [0.2, 0.25) is 0 Å². The third-order valence-corrected chi connectivity index (χ3v) is 4.40. The Morgan fingerprint density at radius 3 is 2.38 bits per heavy atom. The number of hydrogen-bond acceptors (Lipinski definition) is 4. The summed E-state index contributed by atoms with van der Waals surface area (Å²) in [6, 6.07) is 13.2. The summed E-state index contributed by atoms with van der Waals surface area (Å²) in [5.41, 5.74) is 2.44. The quantitative estimate of drug-likeness (QED) is 0.739. The van der Waals surface area contributed by atoms with Crippen LogP contribution in [0.15, 0.2) is 42.5 Å². The van der Waals surface area contributed by atoms with Crippen molar-refractivity contribution in [2.24, 2.45) is 7.05 Å². The number of rotatable bonds is 6. The molecule has 2 aromatic carbocycles. The van der Waals surface area contributed by atoms with E-state index < -0.39 is 0 Å². The van der Waals surface area contributed by atoms with Gasteiger partial charge in [-0.15, -0.1) is 0 Å². The van der Waals surface area contributed by atoms with E-state index in [0.29, 0.717) is 23.7 Å². The lowest BCUT2D eigenvalue weighted by Crippen LogP contribution is -2.24. The number of ether oxygens (including phenoxy) is 3. The Hall–Kier alpha value is -3.15. The molecule has 1 N–H and O–H groups in total. The van der Waals surface area contributed by atoms with E-state index in [4.69, 9.17) is 14.2 Å². The van der Waals surface area contributed by atoms with Gasteiger partial charge < -0.3 is 24.1 Å². The molecular formula is C20H22N2O4. The third kappa shape index (κ3) is 3.18. The van der Waals surface area contributed by atoms with E-state index in [0.717, 1.165) is 22.2 Å². The smallest absolute Gasteiger partial charge is 0.268 e. The van der Waals surface area contributed by atoms with E-state index in [1.807, 2.05) is 54.1 Å². The molecule has 0 bridgehead atoms. The predicted molar refractivity (Wildman–Crippen MR) is 100 cm³/mol. The van der Waals surface area contributed by atoms with Gasteiger partial charge in [0.1, 0.15) is 11.4 Å². The van der Waals surface area contributed by atoms with Gasteiger partial charge in [0.05, 0.1) is 26.8 Å². The number of aromatic nitrogens is 1. The summed E-state index contributed by atoms with van der Waals surface area (Å²) in [5.74, 6) is 1.88. The minimum atomic E-state index is -0.152. The molecule has 6 heteroatoms. The first kappa shape index (κ1) is 17.7. The molecule has 3 aromatic rings. The number of nitrogens with zero attached hydrogens (tertiary/aromatic N) is 1. The van der Waals surface area contributed by atoms with Crippen molar-refractivity contribution < 1.29 is 19.0 Å². The van der Waals surface area contributed by atoms with Crippen LogP contribution in [0.4, 0.5) is 0 Å². The fourth-order valence-corrected chi connectivity index (χ4v) is 2.99. The van der Waals surface area contributed by atoms with Gasteiger partial charge in [-0.25, -0.2) is 0 Å². The van der Waals surface area contributed by atoms with Crippen molar-refractivity contribution in [1.29, 1.82) is 0 Å². The Kier molecular flexibility index (Phi) is 5.02. The number of carbonyl (C=O) groups excluding carboxylic acids is 1. The maximum absolute atomic E-state index is 12.7. The van der Waals surface area contributed by atoms with Crippen LogP contribution in [-0.2, 0) is 13.6 Å². The van der Waals surface area contributed by atoms with Gasteiger partial charge in [-0.1, -0.05) is 12.1 Å². The summed E-state index contributed by atoms with van der Waals surface area (Å²) in [6.07, 6.45) is 0. The van der Waals surface area contributed by atoms with Crippen molar-refractivity contribution in [3.05, 3.63) is 53.7 Å². The molecule has 1 aromatic heterocycles. The first-order valence-corrected chi connectivity index (χ1v) is 8.20. The highest BCUT2D eigenvalue weighted by atomic mass is 16.5. The number of fused-ring (bicyclic) bond motifs is 1. The van der Waals surface area contributed by atoms with Gasteiger partial charge >= 0.3 is 0 Å².